The third-order valence-corrected chi connectivity index (χ3v) is 16.0. The van der Waals surface area contributed by atoms with Crippen molar-refractivity contribution in [3.05, 3.63) is 95.7 Å². The lowest BCUT2D eigenvalue weighted by Gasteiger charge is -2.27. The molecule has 0 saturated carbocycles. The predicted octanol–water partition coefficient (Wildman–Crippen LogP) is 6.98. The summed E-state index contributed by atoms with van der Waals surface area (Å²) in [6.07, 6.45) is 15.2. The first-order valence-electron chi connectivity index (χ1n) is 21.6. The van der Waals surface area contributed by atoms with Crippen molar-refractivity contribution < 1.29 is 61.3 Å². The van der Waals surface area contributed by atoms with Gasteiger partial charge < -0.3 is 16.0 Å². The number of carbonyl (C=O) groups excluding carboxylic acids is 1. The van der Waals surface area contributed by atoms with E-state index in [2.05, 4.69) is 5.32 Å². The maximum absolute atomic E-state index is 12.6. The molecule has 2 aliphatic heterocycles. The predicted molar refractivity (Wildman–Crippen MR) is 257 cm³/mol. The van der Waals surface area contributed by atoms with Crippen molar-refractivity contribution >= 4 is 85.0 Å². The number of anilines is 1. The zero-order valence-corrected chi connectivity index (χ0v) is 41.1. The fourth-order valence-corrected chi connectivity index (χ4v) is 12.1. The summed E-state index contributed by atoms with van der Waals surface area (Å²) in [5, 5.41) is 3.50. The molecular formula is C46H57N4O13S4+. The van der Waals surface area contributed by atoms with Crippen molar-refractivity contribution in [2.75, 3.05) is 31.6 Å². The van der Waals surface area contributed by atoms with E-state index in [1.165, 1.54) is 24.3 Å². The average Bonchev–Trinajstić information content (AvgIpc) is 3.56. The molecule has 0 saturated heterocycles. The zero-order chi connectivity index (χ0) is 49.5. The van der Waals surface area contributed by atoms with Crippen LogP contribution in [-0.2, 0) is 56.1 Å². The maximum Gasteiger partial charge on any atom is 0.295 e. The Balaban J connectivity index is 1.33. The number of benzene rings is 4. The molecule has 0 atom stereocenters. The molecule has 0 aromatic heterocycles. The van der Waals surface area contributed by atoms with Gasteiger partial charge in [0.15, 0.2) is 5.71 Å². The molecule has 0 spiro atoms. The van der Waals surface area contributed by atoms with Gasteiger partial charge in [0.2, 0.25) is 11.6 Å². The van der Waals surface area contributed by atoms with Crippen LogP contribution < -0.4 is 16.0 Å². The minimum atomic E-state index is -4.95. The van der Waals surface area contributed by atoms with Gasteiger partial charge in [-0.2, -0.15) is 38.2 Å². The van der Waals surface area contributed by atoms with Crippen LogP contribution in [0.1, 0.15) is 90.2 Å². The van der Waals surface area contributed by atoms with E-state index in [1.807, 2.05) is 49.3 Å². The molecule has 21 heteroatoms. The van der Waals surface area contributed by atoms with Gasteiger partial charge in [0.25, 0.3) is 40.5 Å². The van der Waals surface area contributed by atoms with Crippen LogP contribution in [0.2, 0.25) is 0 Å². The number of allylic oxidation sites excluding steroid dienone is 6. The van der Waals surface area contributed by atoms with Crippen LogP contribution in [0.5, 0.6) is 0 Å². The molecule has 1 amide bonds. The van der Waals surface area contributed by atoms with E-state index in [0.29, 0.717) is 73.9 Å². The lowest BCUT2D eigenvalue weighted by Crippen LogP contribution is -2.27. The van der Waals surface area contributed by atoms with Gasteiger partial charge in [-0.05, 0) is 105 Å². The van der Waals surface area contributed by atoms with Gasteiger partial charge in [0, 0.05) is 64.8 Å². The first-order valence-corrected chi connectivity index (χ1v) is 27.4. The van der Waals surface area contributed by atoms with Crippen LogP contribution in [0, 0.1) is 0 Å². The molecule has 4 aromatic carbocycles. The van der Waals surface area contributed by atoms with Gasteiger partial charge in [-0.25, -0.2) is 0 Å². The second kappa shape index (κ2) is 19.3. The maximum atomic E-state index is 12.6. The van der Waals surface area contributed by atoms with E-state index in [4.69, 9.17) is 5.73 Å². The highest BCUT2D eigenvalue weighted by atomic mass is 32.2. The van der Waals surface area contributed by atoms with Gasteiger partial charge >= 0.3 is 0 Å². The van der Waals surface area contributed by atoms with Crippen LogP contribution in [0.4, 0.5) is 11.4 Å². The second-order valence-corrected chi connectivity index (χ2v) is 23.5. The Morgan fingerprint density at radius 1 is 0.657 bits per heavy atom. The van der Waals surface area contributed by atoms with Crippen LogP contribution in [0.15, 0.2) is 104 Å². The number of hydrogen-bond acceptors (Lipinski definition) is 11. The fourth-order valence-electron chi connectivity index (χ4n) is 9.43. The molecule has 0 bridgehead atoms. The normalized spacial score (nSPS) is 16.9. The van der Waals surface area contributed by atoms with Crippen LogP contribution in [0.25, 0.3) is 21.5 Å². The molecule has 67 heavy (non-hydrogen) atoms. The topological polar surface area (TPSA) is 279 Å². The molecule has 2 aliphatic rings. The molecule has 0 unspecified atom stereocenters. The van der Waals surface area contributed by atoms with E-state index in [-0.39, 0.29) is 27.5 Å². The van der Waals surface area contributed by atoms with Gasteiger partial charge in [-0.1, -0.05) is 57.4 Å². The quantitative estimate of drug-likeness (QED) is 0.0239. The molecule has 362 valence electrons. The first-order chi connectivity index (χ1) is 31.1. The minimum absolute atomic E-state index is 0.0267. The van der Waals surface area contributed by atoms with E-state index in [0.717, 1.165) is 43.2 Å². The molecule has 0 radical (unpaired) electrons. The molecule has 2 heterocycles. The SMILES string of the molecule is C[N+]1=C(/C=C/C=C/C=C2\N(CCCCCC(=O)NCCCCCCN)c3ccc4c(S(=O)(=O)O)cc(S(=O)(=O)O)cc4c3C2(C)C)C(C)(C)c2c1ccc1c(S(=O)(=O)O)cc(S(=O)(=O)O)cc21. The van der Waals surface area contributed by atoms with Crippen molar-refractivity contribution in [1.29, 1.82) is 0 Å². The number of nitrogens with one attached hydrogen (secondary N) is 1. The molecular weight excluding hydrogens is 945 g/mol. The fraction of sp³-hybridized carbons (Fsp3) is 0.391. The third kappa shape index (κ3) is 10.7. The number of amides is 1. The first kappa shape index (κ1) is 51.5. The lowest BCUT2D eigenvalue weighted by atomic mass is 9.79. The largest absolute Gasteiger partial charge is 0.356 e. The minimum Gasteiger partial charge on any atom is -0.356 e. The zero-order valence-electron chi connectivity index (χ0n) is 37.9. The van der Waals surface area contributed by atoms with Gasteiger partial charge in [0.05, 0.1) is 15.2 Å². The van der Waals surface area contributed by atoms with E-state index >= 15 is 0 Å². The molecule has 0 aliphatic carbocycles. The van der Waals surface area contributed by atoms with E-state index < -0.39 is 70.9 Å². The highest BCUT2D eigenvalue weighted by Gasteiger charge is 2.45. The standard InChI is InChI=1S/C46H56N4O13S4/c1-45(2)40(49(5)36-21-19-32-34(43(36)45)26-30(64(52,53)54)28-38(32)66(58,59)60)16-10-8-11-17-41-46(3,4)44-35-27-31(65(55,56)57)29-39(67(61,62)63)33(35)20-22-37(44)50(41)25-15-9-12-18-42(51)48-24-14-7-6-13-23-47/h8,10-11,16-17,19-22,26-29H,6-7,9,12-15,18,23-25,47H2,1-5H3,(H4-,48,51,52,53,54,55,56,57,58,59,60,61,62,63)/p+1. The van der Waals surface area contributed by atoms with E-state index in [1.54, 1.807) is 37.4 Å². The van der Waals surface area contributed by atoms with Crippen molar-refractivity contribution in [3.63, 3.8) is 0 Å². The monoisotopic (exact) mass is 1000 g/mol. The smallest absolute Gasteiger partial charge is 0.295 e. The van der Waals surface area contributed by atoms with E-state index in [9.17, 15) is 56.7 Å². The summed E-state index contributed by atoms with van der Waals surface area (Å²) in [6.45, 7) is 9.23. The lowest BCUT2D eigenvalue weighted by molar-refractivity contribution is -0.401. The summed E-state index contributed by atoms with van der Waals surface area (Å²) in [6, 6.07) is 10.1. The molecule has 4 aromatic rings. The highest BCUT2D eigenvalue weighted by Crippen LogP contribution is 2.52. The Hall–Kier alpha value is -4.84. The molecule has 7 N–H and O–H groups in total. The van der Waals surface area contributed by atoms with Crippen molar-refractivity contribution in [2.24, 2.45) is 5.73 Å². The van der Waals surface area contributed by atoms with Crippen LogP contribution in [-0.4, -0.2) is 94.8 Å². The van der Waals surface area contributed by atoms with Crippen molar-refractivity contribution in [1.82, 2.24) is 5.32 Å². The number of fused-ring (bicyclic) bond motifs is 6. The van der Waals surface area contributed by atoms with Gasteiger partial charge in [-0.15, -0.1) is 0 Å². The Labute approximate surface area is 392 Å². The summed E-state index contributed by atoms with van der Waals surface area (Å²) in [7, 11) is -17.9. The number of nitrogens with two attached hydrogens (primary N) is 1. The van der Waals surface area contributed by atoms with Crippen LogP contribution in [0.3, 0.4) is 0 Å². The summed E-state index contributed by atoms with van der Waals surface area (Å²) in [4.78, 5) is 11.8. The Bertz CT molecular complexity index is 3250. The number of unbranched alkanes of at least 4 members (excludes halogenated alkanes) is 5. The summed E-state index contributed by atoms with van der Waals surface area (Å²) in [5.41, 5.74) is 7.68. The average molecular weight is 1000 g/mol. The number of hydrogen-bond donors (Lipinski definition) is 6. The van der Waals surface area contributed by atoms with Crippen molar-refractivity contribution in [2.45, 2.75) is 109 Å². The number of nitrogens with zero attached hydrogens (tertiary/aromatic N) is 2. The summed E-state index contributed by atoms with van der Waals surface area (Å²) >= 11 is 0. The second-order valence-electron chi connectivity index (χ2n) is 17.9. The van der Waals surface area contributed by atoms with Crippen LogP contribution >= 0.6 is 0 Å². The highest BCUT2D eigenvalue weighted by molar-refractivity contribution is 7.87. The number of rotatable bonds is 19. The van der Waals surface area contributed by atoms with Gasteiger partial charge in [0.1, 0.15) is 16.8 Å². The summed E-state index contributed by atoms with van der Waals surface area (Å²) in [5.74, 6) is -0.0267. The third-order valence-electron chi connectivity index (χ3n) is 12.6. The van der Waals surface area contributed by atoms with Crippen molar-refractivity contribution in [3.8, 4) is 0 Å². The summed E-state index contributed by atoms with van der Waals surface area (Å²) < 4.78 is 141. The Kier molecular flexibility index (Phi) is 14.8. The Morgan fingerprint density at radius 3 is 1.78 bits per heavy atom. The number of carbonyl (C=O) groups is 1. The van der Waals surface area contributed by atoms with Gasteiger partial charge in [-0.3, -0.25) is 23.0 Å². The Morgan fingerprint density at radius 2 is 1.21 bits per heavy atom. The molecule has 0 fully saturated rings. The molecule has 17 nitrogen and oxygen atoms in total. The molecule has 6 rings (SSSR count).